The second kappa shape index (κ2) is 6.89. The Morgan fingerprint density at radius 2 is 1.95 bits per heavy atom. The van der Waals surface area contributed by atoms with Crippen molar-refractivity contribution >= 4 is 11.6 Å². The predicted molar refractivity (Wildman–Crippen MR) is 83.7 cm³/mol. The number of anilines is 1. The number of aryl methyl sites for hydroxylation is 1. The Morgan fingerprint density at radius 3 is 2.50 bits per heavy atom. The van der Waals surface area contributed by atoms with E-state index in [0.29, 0.717) is 6.42 Å². The smallest absolute Gasteiger partial charge is 0.226 e. The van der Waals surface area contributed by atoms with Gasteiger partial charge in [-0.25, -0.2) is 0 Å². The van der Waals surface area contributed by atoms with Crippen LogP contribution in [0, 0.1) is 0 Å². The average Bonchev–Trinajstić information content (AvgIpc) is 2.39. The molecule has 0 saturated heterocycles. The number of carbonyl (C=O) groups is 1. The quantitative estimate of drug-likeness (QED) is 0.746. The predicted octanol–water partition coefficient (Wildman–Crippen LogP) is 3.63. The Labute approximate surface area is 121 Å². The van der Waals surface area contributed by atoms with Gasteiger partial charge in [0.1, 0.15) is 0 Å². The molecule has 20 heavy (non-hydrogen) atoms. The number of hydrogen-bond donors (Lipinski definition) is 2. The number of hydrogen-bond acceptors (Lipinski definition) is 2. The number of rotatable bonds is 7. The topological polar surface area (TPSA) is 55.1 Å². The zero-order valence-corrected chi connectivity index (χ0v) is 12.5. The van der Waals surface area contributed by atoms with Gasteiger partial charge in [-0.05, 0) is 49.8 Å². The highest BCUT2D eigenvalue weighted by atomic mass is 16.1. The highest BCUT2D eigenvalue weighted by Crippen LogP contribution is 2.32. The third-order valence-corrected chi connectivity index (χ3v) is 4.17. The standard InChI is InChI=1S/C17H26N2O/c1-2-3-4-6-14-7-9-15(10-8-14)19-16(20)13-17(18)11-5-12-17/h7-10H,2-6,11-13,18H2,1H3,(H,19,20). The van der Waals surface area contributed by atoms with Gasteiger partial charge in [0, 0.05) is 17.6 Å². The van der Waals surface area contributed by atoms with Crippen LogP contribution in [0.1, 0.15) is 57.4 Å². The van der Waals surface area contributed by atoms with Crippen LogP contribution in [0.3, 0.4) is 0 Å². The molecular weight excluding hydrogens is 248 g/mol. The van der Waals surface area contributed by atoms with E-state index in [1.165, 1.54) is 24.8 Å². The van der Waals surface area contributed by atoms with Gasteiger partial charge in [-0.3, -0.25) is 4.79 Å². The van der Waals surface area contributed by atoms with E-state index in [1.807, 2.05) is 12.1 Å². The third-order valence-electron chi connectivity index (χ3n) is 4.17. The van der Waals surface area contributed by atoms with E-state index < -0.39 is 0 Å². The van der Waals surface area contributed by atoms with Crippen LogP contribution in [-0.4, -0.2) is 11.4 Å². The molecule has 1 aromatic carbocycles. The Morgan fingerprint density at radius 1 is 1.25 bits per heavy atom. The van der Waals surface area contributed by atoms with E-state index in [0.717, 1.165) is 31.4 Å². The molecule has 0 radical (unpaired) electrons. The van der Waals surface area contributed by atoms with Crippen molar-refractivity contribution in [1.82, 2.24) is 0 Å². The largest absolute Gasteiger partial charge is 0.326 e. The fourth-order valence-electron chi connectivity index (χ4n) is 2.67. The summed E-state index contributed by atoms with van der Waals surface area (Å²) in [7, 11) is 0. The second-order valence-electron chi connectivity index (χ2n) is 6.09. The molecule has 3 nitrogen and oxygen atoms in total. The molecule has 0 aliphatic heterocycles. The van der Waals surface area contributed by atoms with Gasteiger partial charge >= 0.3 is 0 Å². The third kappa shape index (κ3) is 4.34. The Kier molecular flexibility index (Phi) is 5.18. The van der Waals surface area contributed by atoms with E-state index in [9.17, 15) is 4.79 Å². The zero-order chi connectivity index (χ0) is 14.4. The first-order chi connectivity index (χ1) is 9.61. The Hall–Kier alpha value is -1.35. The molecule has 1 fully saturated rings. The minimum Gasteiger partial charge on any atom is -0.326 e. The first-order valence-electron chi connectivity index (χ1n) is 7.79. The lowest BCUT2D eigenvalue weighted by atomic mass is 9.75. The van der Waals surface area contributed by atoms with Gasteiger partial charge in [0.15, 0.2) is 0 Å². The number of benzene rings is 1. The van der Waals surface area contributed by atoms with Crippen molar-refractivity contribution in [2.75, 3.05) is 5.32 Å². The SMILES string of the molecule is CCCCCc1ccc(NC(=O)CC2(N)CCC2)cc1. The second-order valence-corrected chi connectivity index (χ2v) is 6.09. The molecule has 0 unspecified atom stereocenters. The molecular formula is C17H26N2O. The van der Waals surface area contributed by atoms with Crippen LogP contribution in [-0.2, 0) is 11.2 Å². The number of carbonyl (C=O) groups excluding carboxylic acids is 1. The monoisotopic (exact) mass is 274 g/mol. The summed E-state index contributed by atoms with van der Waals surface area (Å²) in [5.74, 6) is 0.0333. The van der Waals surface area contributed by atoms with E-state index >= 15 is 0 Å². The molecule has 2 rings (SSSR count). The van der Waals surface area contributed by atoms with Crippen LogP contribution in [0.5, 0.6) is 0 Å². The van der Waals surface area contributed by atoms with Crippen molar-refractivity contribution in [3.8, 4) is 0 Å². The van der Waals surface area contributed by atoms with Crippen molar-refractivity contribution in [3.05, 3.63) is 29.8 Å². The number of amides is 1. The molecule has 110 valence electrons. The average molecular weight is 274 g/mol. The lowest BCUT2D eigenvalue weighted by Gasteiger charge is -2.37. The fourth-order valence-corrected chi connectivity index (χ4v) is 2.67. The molecule has 0 bridgehead atoms. The summed E-state index contributed by atoms with van der Waals surface area (Å²) in [6.45, 7) is 2.21. The minimum atomic E-state index is -0.246. The number of nitrogens with one attached hydrogen (secondary N) is 1. The van der Waals surface area contributed by atoms with E-state index in [1.54, 1.807) is 0 Å². The van der Waals surface area contributed by atoms with Gasteiger partial charge in [-0.2, -0.15) is 0 Å². The summed E-state index contributed by atoms with van der Waals surface area (Å²) >= 11 is 0. The molecule has 0 atom stereocenters. The maximum Gasteiger partial charge on any atom is 0.226 e. The molecule has 0 spiro atoms. The van der Waals surface area contributed by atoms with Crippen LogP contribution >= 0.6 is 0 Å². The molecule has 1 aliphatic rings. The van der Waals surface area contributed by atoms with Crippen LogP contribution in [0.15, 0.2) is 24.3 Å². The van der Waals surface area contributed by atoms with Crippen LogP contribution in [0.2, 0.25) is 0 Å². The van der Waals surface area contributed by atoms with Gasteiger partial charge < -0.3 is 11.1 Å². The summed E-state index contributed by atoms with van der Waals surface area (Å²) in [6, 6.07) is 8.19. The molecule has 1 aromatic rings. The lowest BCUT2D eigenvalue weighted by Crippen LogP contribution is -2.48. The highest BCUT2D eigenvalue weighted by Gasteiger charge is 2.34. The minimum absolute atomic E-state index is 0.0333. The van der Waals surface area contributed by atoms with Crippen LogP contribution in [0.4, 0.5) is 5.69 Å². The summed E-state index contributed by atoms with van der Waals surface area (Å²) < 4.78 is 0. The maximum atomic E-state index is 11.9. The van der Waals surface area contributed by atoms with Crippen LogP contribution < -0.4 is 11.1 Å². The summed E-state index contributed by atoms with van der Waals surface area (Å²) in [5.41, 5.74) is 8.05. The molecule has 3 N–H and O–H groups in total. The first-order valence-corrected chi connectivity index (χ1v) is 7.79. The van der Waals surface area contributed by atoms with E-state index in [2.05, 4.69) is 24.4 Å². The fraction of sp³-hybridized carbons (Fsp3) is 0.588. The number of unbranched alkanes of at least 4 members (excludes halogenated alkanes) is 2. The van der Waals surface area contributed by atoms with Gasteiger partial charge in [0.05, 0.1) is 0 Å². The molecule has 1 saturated carbocycles. The van der Waals surface area contributed by atoms with Gasteiger partial charge in [0.2, 0.25) is 5.91 Å². The van der Waals surface area contributed by atoms with Crippen molar-refractivity contribution in [2.45, 2.75) is 63.8 Å². The normalized spacial score (nSPS) is 16.5. The molecule has 1 aliphatic carbocycles. The van der Waals surface area contributed by atoms with Crippen molar-refractivity contribution in [3.63, 3.8) is 0 Å². The first kappa shape index (κ1) is 15.0. The van der Waals surface area contributed by atoms with E-state index in [-0.39, 0.29) is 11.4 Å². The molecule has 0 aromatic heterocycles. The Balaban J connectivity index is 1.79. The van der Waals surface area contributed by atoms with Crippen molar-refractivity contribution in [1.29, 1.82) is 0 Å². The van der Waals surface area contributed by atoms with Gasteiger partial charge in [-0.1, -0.05) is 31.9 Å². The molecule has 0 heterocycles. The lowest BCUT2D eigenvalue weighted by molar-refractivity contribution is -0.118. The van der Waals surface area contributed by atoms with Gasteiger partial charge in [0.25, 0.3) is 0 Å². The highest BCUT2D eigenvalue weighted by molar-refractivity contribution is 5.91. The summed E-state index contributed by atoms with van der Waals surface area (Å²) in [6.07, 6.45) is 8.40. The summed E-state index contributed by atoms with van der Waals surface area (Å²) in [5, 5.41) is 2.94. The van der Waals surface area contributed by atoms with Crippen molar-refractivity contribution in [2.24, 2.45) is 5.73 Å². The van der Waals surface area contributed by atoms with Crippen LogP contribution in [0.25, 0.3) is 0 Å². The van der Waals surface area contributed by atoms with Crippen molar-refractivity contribution < 1.29 is 4.79 Å². The van der Waals surface area contributed by atoms with E-state index in [4.69, 9.17) is 5.73 Å². The summed E-state index contributed by atoms with van der Waals surface area (Å²) in [4.78, 5) is 11.9. The molecule has 3 heteroatoms. The van der Waals surface area contributed by atoms with Gasteiger partial charge in [-0.15, -0.1) is 0 Å². The maximum absolute atomic E-state index is 11.9. The molecule has 1 amide bonds. The zero-order valence-electron chi connectivity index (χ0n) is 12.5. The Bertz CT molecular complexity index is 435. The number of nitrogens with two attached hydrogens (primary N) is 1.